The fourth-order valence-electron chi connectivity index (χ4n) is 0.588. The summed E-state index contributed by atoms with van der Waals surface area (Å²) in [6, 6.07) is 0. The van der Waals surface area contributed by atoms with E-state index in [9.17, 15) is 4.79 Å². The summed E-state index contributed by atoms with van der Waals surface area (Å²) >= 11 is 0. The van der Waals surface area contributed by atoms with E-state index >= 15 is 0 Å². The quantitative estimate of drug-likeness (QED) is 0.589. The molecule has 0 radical (unpaired) electrons. The summed E-state index contributed by atoms with van der Waals surface area (Å²) in [6.45, 7) is 3.69. The maximum absolute atomic E-state index is 11.0. The van der Waals surface area contributed by atoms with Crippen LogP contribution in [0.1, 0.15) is 13.8 Å². The minimum Gasteiger partial charge on any atom is -0.358 e. The van der Waals surface area contributed by atoms with Crippen LogP contribution in [0.2, 0.25) is 0 Å². The second kappa shape index (κ2) is 5.53. The molecule has 1 amide bonds. The third kappa shape index (κ3) is 3.45. The van der Waals surface area contributed by atoms with E-state index in [1.165, 1.54) is 0 Å². The zero-order chi connectivity index (χ0) is 8.69. The van der Waals surface area contributed by atoms with Gasteiger partial charge in [0.25, 0.3) is 5.91 Å². The van der Waals surface area contributed by atoms with Crippen molar-refractivity contribution < 1.29 is 4.79 Å². The van der Waals surface area contributed by atoms with E-state index in [1.807, 2.05) is 13.0 Å². The molecule has 0 saturated heterocycles. The Kier molecular flexibility index (Phi) is 4.90. The summed E-state index contributed by atoms with van der Waals surface area (Å²) in [6.07, 6.45) is 5.26. The molecule has 0 atom stereocenters. The van der Waals surface area contributed by atoms with E-state index < -0.39 is 0 Å². The summed E-state index contributed by atoms with van der Waals surface area (Å²) in [5.74, 6) is -0.106. The molecule has 0 aromatic heterocycles. The van der Waals surface area contributed by atoms with Gasteiger partial charge in [-0.1, -0.05) is 12.2 Å². The van der Waals surface area contributed by atoms with Crippen molar-refractivity contribution in [2.45, 2.75) is 13.8 Å². The van der Waals surface area contributed by atoms with Crippen molar-refractivity contribution in [3.8, 4) is 0 Å². The summed E-state index contributed by atoms with van der Waals surface area (Å²) in [5, 5.41) is 5.36. The van der Waals surface area contributed by atoms with Gasteiger partial charge < -0.3 is 10.6 Å². The number of rotatable bonds is 3. The molecule has 0 aliphatic rings. The van der Waals surface area contributed by atoms with Crippen LogP contribution in [-0.4, -0.2) is 13.0 Å². The van der Waals surface area contributed by atoms with Crippen molar-refractivity contribution in [2.75, 3.05) is 7.05 Å². The molecular weight excluding hydrogens is 140 g/mol. The molecule has 0 aliphatic heterocycles. The van der Waals surface area contributed by atoms with Crippen LogP contribution in [0.5, 0.6) is 0 Å². The van der Waals surface area contributed by atoms with Crippen molar-refractivity contribution in [3.05, 3.63) is 24.0 Å². The molecule has 0 fully saturated rings. The number of carbonyl (C=O) groups excluding carboxylic acids is 1. The van der Waals surface area contributed by atoms with E-state index in [2.05, 4.69) is 10.6 Å². The van der Waals surface area contributed by atoms with Crippen molar-refractivity contribution in [2.24, 2.45) is 0 Å². The molecule has 0 unspecified atom stereocenters. The monoisotopic (exact) mass is 154 g/mol. The molecule has 0 bridgehead atoms. The zero-order valence-corrected chi connectivity index (χ0v) is 7.14. The summed E-state index contributed by atoms with van der Waals surface area (Å²) in [4.78, 5) is 11.0. The van der Waals surface area contributed by atoms with Gasteiger partial charge in [-0.2, -0.15) is 0 Å². The normalized spacial score (nSPS) is 11.7. The predicted octanol–water partition coefficient (Wildman–Crippen LogP) is 0.759. The summed E-state index contributed by atoms with van der Waals surface area (Å²) < 4.78 is 0. The minimum absolute atomic E-state index is 0.106. The van der Waals surface area contributed by atoms with Gasteiger partial charge in [-0.05, 0) is 20.0 Å². The second-order valence-corrected chi connectivity index (χ2v) is 1.93. The first-order valence-corrected chi connectivity index (χ1v) is 3.52. The molecule has 0 aliphatic carbocycles. The average Bonchev–Trinajstić information content (AvgIpc) is 2.05. The Morgan fingerprint density at radius 1 is 1.36 bits per heavy atom. The van der Waals surface area contributed by atoms with Gasteiger partial charge in [0, 0.05) is 7.05 Å². The van der Waals surface area contributed by atoms with Gasteiger partial charge in [-0.3, -0.25) is 4.79 Å². The van der Waals surface area contributed by atoms with Gasteiger partial charge in [0.2, 0.25) is 0 Å². The zero-order valence-electron chi connectivity index (χ0n) is 7.14. The first-order valence-electron chi connectivity index (χ1n) is 3.52. The van der Waals surface area contributed by atoms with Gasteiger partial charge in [0.1, 0.15) is 0 Å². The largest absolute Gasteiger partial charge is 0.358 e. The number of hydrogen-bond donors (Lipinski definition) is 2. The Labute approximate surface area is 67.2 Å². The highest BCUT2D eigenvalue weighted by Crippen LogP contribution is 1.87. The number of allylic oxidation sites excluding steroid dienone is 2. The third-order valence-corrected chi connectivity index (χ3v) is 1.17. The second-order valence-electron chi connectivity index (χ2n) is 1.93. The Morgan fingerprint density at radius 2 is 2.00 bits per heavy atom. The molecule has 0 rings (SSSR count). The highest BCUT2D eigenvalue weighted by atomic mass is 16.1. The van der Waals surface area contributed by atoms with Crippen molar-refractivity contribution in [1.29, 1.82) is 0 Å². The number of amides is 1. The standard InChI is InChI=1S/C8H14N2O/c1-4-6-10-7(5-2)8(11)9-3/h4-6,10H,1-3H3,(H,9,11)/b6-4-,7-5-. The van der Waals surface area contributed by atoms with Crippen LogP contribution in [0.3, 0.4) is 0 Å². The van der Waals surface area contributed by atoms with Crippen molar-refractivity contribution in [1.82, 2.24) is 10.6 Å². The van der Waals surface area contributed by atoms with Crippen LogP contribution in [0.25, 0.3) is 0 Å². The SMILES string of the molecule is C/C=C\N/C(=C\C)C(=O)NC. The lowest BCUT2D eigenvalue weighted by Crippen LogP contribution is -2.26. The molecule has 0 spiro atoms. The topological polar surface area (TPSA) is 41.1 Å². The lowest BCUT2D eigenvalue weighted by Gasteiger charge is -2.03. The van der Waals surface area contributed by atoms with Gasteiger partial charge in [-0.15, -0.1) is 0 Å². The number of hydrogen-bond acceptors (Lipinski definition) is 2. The molecule has 62 valence electrons. The third-order valence-electron chi connectivity index (χ3n) is 1.17. The summed E-state index contributed by atoms with van der Waals surface area (Å²) in [7, 11) is 1.60. The highest BCUT2D eigenvalue weighted by Gasteiger charge is 2.01. The van der Waals surface area contributed by atoms with Crippen molar-refractivity contribution in [3.63, 3.8) is 0 Å². The number of likely N-dealkylation sites (N-methyl/N-ethyl adjacent to an activating group) is 1. The predicted molar refractivity (Wildman–Crippen MR) is 45.8 cm³/mol. The molecule has 0 heterocycles. The van der Waals surface area contributed by atoms with Crippen LogP contribution in [0, 0.1) is 0 Å². The van der Waals surface area contributed by atoms with E-state index in [-0.39, 0.29) is 5.91 Å². The Balaban J connectivity index is 4.08. The van der Waals surface area contributed by atoms with Crippen LogP contribution >= 0.6 is 0 Å². The maximum atomic E-state index is 11.0. The van der Waals surface area contributed by atoms with Gasteiger partial charge in [0.05, 0.1) is 5.70 Å². The molecule has 11 heavy (non-hydrogen) atoms. The highest BCUT2D eigenvalue weighted by molar-refractivity contribution is 5.92. The molecule has 3 nitrogen and oxygen atoms in total. The molecular formula is C8H14N2O. The molecule has 3 heteroatoms. The molecule has 0 aromatic carbocycles. The van der Waals surface area contributed by atoms with Crippen LogP contribution in [0.4, 0.5) is 0 Å². The Hall–Kier alpha value is -1.25. The number of carbonyl (C=O) groups is 1. The Bertz CT molecular complexity index is 183. The van der Waals surface area contributed by atoms with Crippen molar-refractivity contribution >= 4 is 5.91 Å². The van der Waals surface area contributed by atoms with E-state index in [1.54, 1.807) is 26.2 Å². The van der Waals surface area contributed by atoms with Crippen LogP contribution < -0.4 is 10.6 Å². The average molecular weight is 154 g/mol. The fourth-order valence-corrected chi connectivity index (χ4v) is 0.588. The van der Waals surface area contributed by atoms with E-state index in [4.69, 9.17) is 0 Å². The van der Waals surface area contributed by atoms with Gasteiger partial charge in [-0.25, -0.2) is 0 Å². The lowest BCUT2D eigenvalue weighted by molar-refractivity contribution is -0.117. The lowest BCUT2D eigenvalue weighted by atomic mass is 10.4. The first kappa shape index (κ1) is 9.75. The maximum Gasteiger partial charge on any atom is 0.267 e. The smallest absolute Gasteiger partial charge is 0.267 e. The van der Waals surface area contributed by atoms with Gasteiger partial charge in [0.15, 0.2) is 0 Å². The number of nitrogens with one attached hydrogen (secondary N) is 2. The fraction of sp³-hybridized carbons (Fsp3) is 0.375. The Morgan fingerprint density at radius 3 is 2.36 bits per heavy atom. The van der Waals surface area contributed by atoms with E-state index in [0.29, 0.717) is 5.70 Å². The van der Waals surface area contributed by atoms with E-state index in [0.717, 1.165) is 0 Å². The van der Waals surface area contributed by atoms with Gasteiger partial charge >= 0.3 is 0 Å². The minimum atomic E-state index is -0.106. The first-order chi connectivity index (χ1) is 5.26. The molecule has 0 aromatic rings. The summed E-state index contributed by atoms with van der Waals surface area (Å²) in [5.41, 5.74) is 0.561. The molecule has 0 saturated carbocycles. The van der Waals surface area contributed by atoms with Crippen LogP contribution in [-0.2, 0) is 4.79 Å². The van der Waals surface area contributed by atoms with Crippen LogP contribution in [0.15, 0.2) is 24.0 Å². The molecule has 2 N–H and O–H groups in total.